The Bertz CT molecular complexity index is 690. The zero-order valence-corrected chi connectivity index (χ0v) is 11.3. The van der Waals surface area contributed by atoms with E-state index in [0.29, 0.717) is 0 Å². The van der Waals surface area contributed by atoms with E-state index in [9.17, 15) is 23.1 Å². The third-order valence-corrected chi connectivity index (χ3v) is 6.76. The summed E-state index contributed by atoms with van der Waals surface area (Å²) in [4.78, 5) is 24.0. The Hall–Kier alpha value is -0.970. The Labute approximate surface area is 142 Å². The maximum absolute atomic E-state index is 12.5. The summed E-state index contributed by atoms with van der Waals surface area (Å²) in [5.74, 6) is -1.78. The van der Waals surface area contributed by atoms with Crippen molar-refractivity contribution in [2.24, 2.45) is 0 Å². The van der Waals surface area contributed by atoms with Crippen LogP contribution in [0.15, 0.2) is 12.4 Å². The molecule has 0 saturated carbocycles. The molecule has 0 aliphatic carbocycles. The summed E-state index contributed by atoms with van der Waals surface area (Å²) in [6.07, 6.45) is 2.68. The molecular weight excluding hydrogens is 311 g/mol. The fourth-order valence-corrected chi connectivity index (χ4v) is 5.29. The van der Waals surface area contributed by atoms with E-state index in [1.54, 1.807) is 0 Å². The molecule has 2 fully saturated rings. The summed E-state index contributed by atoms with van der Waals surface area (Å²) in [6, 6.07) is -1.40. The van der Waals surface area contributed by atoms with Crippen molar-refractivity contribution < 1.29 is 23.1 Å². The monoisotopic (exact) mass is 324 g/mol. The van der Waals surface area contributed by atoms with Crippen LogP contribution in [0.4, 0.5) is 0 Å². The molecule has 0 spiro atoms. The number of rotatable bonds is 3. The van der Waals surface area contributed by atoms with Crippen LogP contribution >= 0.6 is 0 Å². The predicted octanol–water partition coefficient (Wildman–Crippen LogP) is -2.17. The SMILES string of the molecule is C[C@]1(Cn2ccnn2)[C@H](C(=O)O)N2C(=O)C[C@H]2S1(=O)=O.[NaH]. The van der Waals surface area contributed by atoms with Crippen LogP contribution in [0.3, 0.4) is 0 Å². The van der Waals surface area contributed by atoms with Crippen LogP contribution < -0.4 is 0 Å². The fraction of sp³-hybridized carbons (Fsp3) is 0.600. The number of carbonyl (C=O) groups excluding carboxylic acids is 1. The van der Waals surface area contributed by atoms with Gasteiger partial charge in [0.15, 0.2) is 15.9 Å². The number of hydrogen-bond acceptors (Lipinski definition) is 6. The molecule has 3 atom stereocenters. The van der Waals surface area contributed by atoms with E-state index in [1.165, 1.54) is 24.0 Å². The predicted molar refractivity (Wildman–Crippen MR) is 71.2 cm³/mol. The van der Waals surface area contributed by atoms with Gasteiger partial charge < -0.3 is 10.0 Å². The number of β-lactam (4-membered cyclic amide) rings is 1. The number of carboxylic acid groups (broad SMARTS) is 1. The third-order valence-electron chi connectivity index (χ3n) is 3.99. The normalized spacial score (nSPS) is 33.0. The minimum absolute atomic E-state index is 0. The van der Waals surface area contributed by atoms with Crippen molar-refractivity contribution >= 4 is 51.3 Å². The molecule has 2 saturated heterocycles. The molecule has 1 aromatic rings. The Morgan fingerprint density at radius 3 is 2.71 bits per heavy atom. The zero-order valence-electron chi connectivity index (χ0n) is 10.5. The molecule has 0 radical (unpaired) electrons. The molecule has 0 unspecified atom stereocenters. The number of fused-ring (bicyclic) bond motifs is 1. The van der Waals surface area contributed by atoms with Crippen LogP contribution in [0.2, 0.25) is 0 Å². The minimum atomic E-state index is -3.80. The van der Waals surface area contributed by atoms with Gasteiger partial charge in [-0.25, -0.2) is 13.2 Å². The molecule has 21 heavy (non-hydrogen) atoms. The van der Waals surface area contributed by atoms with Crippen LogP contribution in [0.25, 0.3) is 0 Å². The zero-order chi connectivity index (χ0) is 14.7. The third kappa shape index (κ3) is 2.04. The number of sulfone groups is 1. The molecule has 110 valence electrons. The standard InChI is InChI=1S/C10H12N4O5S.Na.H/c1-10(5-13-3-2-11-12-13)8(9(16)17)14-6(15)4-7(14)20(10,18)19;;/h2-3,7-8H,4-5H2,1H3,(H,16,17);;/t7-,8+,10+;;/m1../s1. The van der Waals surface area contributed by atoms with Gasteiger partial charge in [-0.3, -0.25) is 9.48 Å². The van der Waals surface area contributed by atoms with Gasteiger partial charge >= 0.3 is 35.5 Å². The van der Waals surface area contributed by atoms with Crippen molar-refractivity contribution in [1.82, 2.24) is 19.9 Å². The number of carbonyl (C=O) groups is 2. The van der Waals surface area contributed by atoms with Crippen molar-refractivity contribution in [3.63, 3.8) is 0 Å². The Morgan fingerprint density at radius 2 is 2.24 bits per heavy atom. The van der Waals surface area contributed by atoms with E-state index in [-0.39, 0.29) is 42.5 Å². The molecule has 11 heteroatoms. The van der Waals surface area contributed by atoms with Crippen molar-refractivity contribution in [3.8, 4) is 0 Å². The maximum atomic E-state index is 12.5. The second-order valence-corrected chi connectivity index (χ2v) is 7.73. The first-order chi connectivity index (χ1) is 9.29. The summed E-state index contributed by atoms with van der Waals surface area (Å²) < 4.78 is 24.7. The summed E-state index contributed by atoms with van der Waals surface area (Å²) in [5.41, 5.74) is 0. The molecule has 9 nitrogen and oxygen atoms in total. The van der Waals surface area contributed by atoms with Crippen molar-refractivity contribution in [2.75, 3.05) is 0 Å². The topological polar surface area (TPSA) is 122 Å². The van der Waals surface area contributed by atoms with E-state index in [0.717, 1.165) is 4.90 Å². The molecule has 2 aliphatic heterocycles. The summed E-state index contributed by atoms with van der Waals surface area (Å²) in [5, 5.41) is 15.6. The number of carboxylic acids is 1. The molecule has 1 N–H and O–H groups in total. The van der Waals surface area contributed by atoms with Gasteiger partial charge in [-0.2, -0.15) is 0 Å². The number of aromatic nitrogens is 3. The van der Waals surface area contributed by atoms with Crippen molar-refractivity contribution in [3.05, 3.63) is 12.4 Å². The van der Waals surface area contributed by atoms with E-state index < -0.39 is 37.9 Å². The van der Waals surface area contributed by atoms with Gasteiger partial charge in [-0.05, 0) is 6.92 Å². The number of aliphatic carboxylic acids is 1. The number of amides is 1. The van der Waals surface area contributed by atoms with Gasteiger partial charge in [-0.1, -0.05) is 5.21 Å². The Balaban J connectivity index is 0.00000161. The first-order valence-corrected chi connectivity index (χ1v) is 7.45. The average molecular weight is 324 g/mol. The molecule has 0 bridgehead atoms. The van der Waals surface area contributed by atoms with Crippen LogP contribution in [0.1, 0.15) is 13.3 Å². The van der Waals surface area contributed by atoms with Crippen LogP contribution in [-0.2, 0) is 26.0 Å². The summed E-state index contributed by atoms with van der Waals surface area (Å²) >= 11 is 0. The van der Waals surface area contributed by atoms with Crippen LogP contribution in [-0.4, -0.2) is 91.0 Å². The average Bonchev–Trinajstić information content (AvgIpc) is 2.87. The molecule has 0 aromatic carbocycles. The Morgan fingerprint density at radius 1 is 1.57 bits per heavy atom. The summed E-state index contributed by atoms with van der Waals surface area (Å²) in [6.45, 7) is 1.18. The number of hydrogen-bond donors (Lipinski definition) is 1. The Kier molecular flexibility index (Phi) is 3.94. The molecule has 1 amide bonds. The van der Waals surface area contributed by atoms with Gasteiger partial charge in [0.25, 0.3) is 0 Å². The quantitative estimate of drug-likeness (QED) is 0.496. The molecule has 3 heterocycles. The van der Waals surface area contributed by atoms with Gasteiger partial charge in [0.2, 0.25) is 5.91 Å². The molecule has 3 rings (SSSR count). The van der Waals surface area contributed by atoms with E-state index in [2.05, 4.69) is 10.3 Å². The molecule has 1 aromatic heterocycles. The van der Waals surface area contributed by atoms with Crippen LogP contribution in [0.5, 0.6) is 0 Å². The first-order valence-electron chi connectivity index (χ1n) is 5.90. The van der Waals surface area contributed by atoms with Crippen LogP contribution in [0, 0.1) is 0 Å². The van der Waals surface area contributed by atoms with Gasteiger partial charge in [0.1, 0.15) is 10.1 Å². The van der Waals surface area contributed by atoms with Gasteiger partial charge in [-0.15, -0.1) is 5.10 Å². The van der Waals surface area contributed by atoms with Gasteiger partial charge in [0.05, 0.1) is 19.2 Å². The van der Waals surface area contributed by atoms with E-state index in [4.69, 9.17) is 0 Å². The van der Waals surface area contributed by atoms with Crippen molar-refractivity contribution in [2.45, 2.75) is 36.1 Å². The summed E-state index contributed by atoms with van der Waals surface area (Å²) in [7, 11) is -3.80. The first kappa shape index (κ1) is 16.4. The van der Waals surface area contributed by atoms with E-state index in [1.807, 2.05) is 0 Å². The molecular formula is C10H13N4NaO5S. The second kappa shape index (κ2) is 5.04. The molecule has 2 aliphatic rings. The van der Waals surface area contributed by atoms with E-state index >= 15 is 0 Å². The second-order valence-electron chi connectivity index (χ2n) is 5.16. The van der Waals surface area contributed by atoms with Gasteiger partial charge in [0, 0.05) is 6.20 Å². The number of nitrogens with zero attached hydrogens (tertiary/aromatic N) is 4. The fourth-order valence-electron chi connectivity index (χ4n) is 2.93. The van der Waals surface area contributed by atoms with Crippen molar-refractivity contribution in [1.29, 1.82) is 0 Å².